The van der Waals surface area contributed by atoms with Crippen LogP contribution in [0.4, 0.5) is 5.82 Å². The third-order valence-electron chi connectivity index (χ3n) is 2.51. The molecule has 1 aromatic heterocycles. The average molecular weight is 253 g/mol. The number of rotatable bonds is 5. The maximum atomic E-state index is 8.81. The van der Waals surface area contributed by atoms with Crippen LogP contribution in [0.1, 0.15) is 19.5 Å². The number of hydrogen-bond donors (Lipinski definition) is 1. The van der Waals surface area contributed by atoms with Gasteiger partial charge in [0.1, 0.15) is 5.82 Å². The molecule has 1 atom stereocenters. The van der Waals surface area contributed by atoms with E-state index in [-0.39, 0.29) is 5.92 Å². The Bertz CT molecular complexity index is 413. The SMILES string of the molecule is CCN(Cc1nc(N)ccc1Cl)CC(C)C#N. The summed E-state index contributed by atoms with van der Waals surface area (Å²) in [6.07, 6.45) is 0. The molecule has 4 nitrogen and oxygen atoms in total. The lowest BCUT2D eigenvalue weighted by molar-refractivity contribution is 0.257. The number of anilines is 1. The molecule has 0 aliphatic carbocycles. The molecule has 1 unspecified atom stereocenters. The van der Waals surface area contributed by atoms with Crippen LogP contribution in [-0.2, 0) is 6.54 Å². The van der Waals surface area contributed by atoms with Gasteiger partial charge in [-0.2, -0.15) is 5.26 Å². The van der Waals surface area contributed by atoms with Gasteiger partial charge in [-0.15, -0.1) is 0 Å². The van der Waals surface area contributed by atoms with Crippen LogP contribution in [0.15, 0.2) is 12.1 Å². The van der Waals surface area contributed by atoms with Gasteiger partial charge in [0, 0.05) is 13.1 Å². The summed E-state index contributed by atoms with van der Waals surface area (Å²) in [5, 5.41) is 9.42. The molecule has 0 spiro atoms. The maximum Gasteiger partial charge on any atom is 0.123 e. The number of hydrogen-bond acceptors (Lipinski definition) is 4. The van der Waals surface area contributed by atoms with Gasteiger partial charge in [0.2, 0.25) is 0 Å². The minimum atomic E-state index is -0.00483. The van der Waals surface area contributed by atoms with E-state index >= 15 is 0 Å². The first-order valence-electron chi connectivity index (χ1n) is 5.59. The third kappa shape index (κ3) is 4.22. The van der Waals surface area contributed by atoms with Crippen molar-refractivity contribution in [1.82, 2.24) is 9.88 Å². The van der Waals surface area contributed by atoms with E-state index < -0.39 is 0 Å². The van der Waals surface area contributed by atoms with Gasteiger partial charge in [0.25, 0.3) is 0 Å². The second kappa shape index (κ2) is 6.43. The highest BCUT2D eigenvalue weighted by Gasteiger charge is 2.11. The van der Waals surface area contributed by atoms with Crippen LogP contribution in [-0.4, -0.2) is 23.0 Å². The molecule has 0 radical (unpaired) electrons. The lowest BCUT2D eigenvalue weighted by atomic mass is 10.2. The maximum absolute atomic E-state index is 8.81. The highest BCUT2D eigenvalue weighted by Crippen LogP contribution is 2.17. The fourth-order valence-corrected chi connectivity index (χ4v) is 1.72. The first-order valence-corrected chi connectivity index (χ1v) is 5.97. The Kier molecular flexibility index (Phi) is 5.20. The molecule has 92 valence electrons. The van der Waals surface area contributed by atoms with Gasteiger partial charge in [-0.05, 0) is 25.6 Å². The highest BCUT2D eigenvalue weighted by molar-refractivity contribution is 6.31. The van der Waals surface area contributed by atoms with Crippen molar-refractivity contribution in [1.29, 1.82) is 5.26 Å². The third-order valence-corrected chi connectivity index (χ3v) is 2.86. The van der Waals surface area contributed by atoms with E-state index in [4.69, 9.17) is 22.6 Å². The number of nitrogens with zero attached hydrogens (tertiary/aromatic N) is 3. The summed E-state index contributed by atoms with van der Waals surface area (Å²) in [6, 6.07) is 5.65. The molecule has 0 aliphatic heterocycles. The number of aromatic nitrogens is 1. The number of nitriles is 1. The monoisotopic (exact) mass is 252 g/mol. The molecule has 0 saturated heterocycles. The quantitative estimate of drug-likeness (QED) is 0.873. The van der Waals surface area contributed by atoms with Gasteiger partial charge in [-0.25, -0.2) is 4.98 Å². The molecule has 0 fully saturated rings. The first-order chi connectivity index (χ1) is 8.06. The zero-order valence-corrected chi connectivity index (χ0v) is 10.9. The number of nitrogen functional groups attached to an aromatic ring is 1. The first kappa shape index (κ1) is 13.8. The van der Waals surface area contributed by atoms with Gasteiger partial charge in [0.05, 0.1) is 22.7 Å². The zero-order chi connectivity index (χ0) is 12.8. The van der Waals surface area contributed by atoms with Gasteiger partial charge in [-0.1, -0.05) is 18.5 Å². The van der Waals surface area contributed by atoms with E-state index in [2.05, 4.69) is 16.0 Å². The molecule has 2 N–H and O–H groups in total. The Morgan fingerprint density at radius 3 is 2.88 bits per heavy atom. The summed E-state index contributed by atoms with van der Waals surface area (Å²) in [5.74, 6) is 0.462. The Hall–Kier alpha value is -1.31. The Balaban J connectivity index is 2.74. The number of pyridine rings is 1. The molecule has 5 heteroatoms. The molecule has 0 amide bonds. The molecular formula is C12H17ClN4. The molecule has 1 aromatic rings. The van der Waals surface area contributed by atoms with Crippen LogP contribution in [0, 0.1) is 17.2 Å². The van der Waals surface area contributed by atoms with Crippen molar-refractivity contribution in [2.45, 2.75) is 20.4 Å². The van der Waals surface area contributed by atoms with Crippen molar-refractivity contribution in [3.63, 3.8) is 0 Å². The molecule has 0 aromatic carbocycles. The van der Waals surface area contributed by atoms with E-state index in [1.165, 1.54) is 0 Å². The second-order valence-corrected chi connectivity index (χ2v) is 4.43. The van der Waals surface area contributed by atoms with E-state index in [0.717, 1.165) is 12.2 Å². The highest BCUT2D eigenvalue weighted by atomic mass is 35.5. The Morgan fingerprint density at radius 2 is 2.29 bits per heavy atom. The summed E-state index contributed by atoms with van der Waals surface area (Å²) >= 11 is 6.06. The van der Waals surface area contributed by atoms with E-state index in [1.54, 1.807) is 12.1 Å². The summed E-state index contributed by atoms with van der Waals surface area (Å²) < 4.78 is 0. The van der Waals surface area contributed by atoms with Crippen molar-refractivity contribution in [2.24, 2.45) is 5.92 Å². The zero-order valence-electron chi connectivity index (χ0n) is 10.2. The summed E-state index contributed by atoms with van der Waals surface area (Å²) in [4.78, 5) is 6.34. The van der Waals surface area contributed by atoms with E-state index in [1.807, 2.05) is 13.8 Å². The molecule has 17 heavy (non-hydrogen) atoms. The fourth-order valence-electron chi connectivity index (χ4n) is 1.56. The van der Waals surface area contributed by atoms with Crippen molar-refractivity contribution in [3.8, 4) is 6.07 Å². The van der Waals surface area contributed by atoms with Crippen LogP contribution in [0.5, 0.6) is 0 Å². The van der Waals surface area contributed by atoms with Crippen molar-refractivity contribution in [2.75, 3.05) is 18.8 Å². The Labute approximate surface area is 107 Å². The lowest BCUT2D eigenvalue weighted by Gasteiger charge is -2.21. The van der Waals surface area contributed by atoms with Crippen molar-refractivity contribution >= 4 is 17.4 Å². The van der Waals surface area contributed by atoms with Crippen molar-refractivity contribution < 1.29 is 0 Å². The van der Waals surface area contributed by atoms with Crippen LogP contribution >= 0.6 is 11.6 Å². The molecule has 1 rings (SSSR count). The number of nitrogens with two attached hydrogens (primary N) is 1. The van der Waals surface area contributed by atoms with Crippen LogP contribution in [0.3, 0.4) is 0 Å². The van der Waals surface area contributed by atoms with Gasteiger partial charge >= 0.3 is 0 Å². The normalized spacial score (nSPS) is 12.4. The van der Waals surface area contributed by atoms with Crippen LogP contribution in [0.25, 0.3) is 0 Å². The average Bonchev–Trinajstić information content (AvgIpc) is 2.32. The van der Waals surface area contributed by atoms with E-state index in [0.29, 0.717) is 23.9 Å². The fraction of sp³-hybridized carbons (Fsp3) is 0.500. The number of halogens is 1. The predicted molar refractivity (Wildman–Crippen MR) is 69.4 cm³/mol. The molecular weight excluding hydrogens is 236 g/mol. The van der Waals surface area contributed by atoms with Crippen molar-refractivity contribution in [3.05, 3.63) is 22.8 Å². The summed E-state index contributed by atoms with van der Waals surface area (Å²) in [7, 11) is 0. The molecule has 0 aliphatic rings. The van der Waals surface area contributed by atoms with Crippen LogP contribution < -0.4 is 5.73 Å². The smallest absolute Gasteiger partial charge is 0.123 e. The standard InChI is InChI=1S/C12H17ClN4/c1-3-17(7-9(2)6-14)8-11-10(13)4-5-12(15)16-11/h4-5,9H,3,7-8H2,1-2H3,(H2,15,16). The van der Waals surface area contributed by atoms with Crippen LogP contribution in [0.2, 0.25) is 5.02 Å². The lowest BCUT2D eigenvalue weighted by Crippen LogP contribution is -2.28. The Morgan fingerprint density at radius 1 is 1.59 bits per heavy atom. The summed E-state index contributed by atoms with van der Waals surface area (Å²) in [5.41, 5.74) is 6.39. The molecule has 0 saturated carbocycles. The van der Waals surface area contributed by atoms with E-state index in [9.17, 15) is 0 Å². The second-order valence-electron chi connectivity index (χ2n) is 4.02. The minimum Gasteiger partial charge on any atom is -0.384 e. The van der Waals surface area contributed by atoms with Gasteiger partial charge < -0.3 is 5.73 Å². The largest absolute Gasteiger partial charge is 0.384 e. The van der Waals surface area contributed by atoms with Gasteiger partial charge in [-0.3, -0.25) is 4.90 Å². The van der Waals surface area contributed by atoms with Gasteiger partial charge in [0.15, 0.2) is 0 Å². The summed E-state index contributed by atoms with van der Waals surface area (Å²) in [6.45, 7) is 6.12. The predicted octanol–water partition coefficient (Wildman–Crippen LogP) is 2.30. The minimum absolute atomic E-state index is 0.00483. The topological polar surface area (TPSA) is 65.9 Å². The molecule has 0 bridgehead atoms. The molecule has 1 heterocycles.